The number of likely N-dealkylation sites (tertiary alicyclic amines) is 1. The van der Waals surface area contributed by atoms with E-state index in [-0.39, 0.29) is 36.3 Å². The summed E-state index contributed by atoms with van der Waals surface area (Å²) in [6.07, 6.45) is 2.03. The molecule has 2 aliphatic rings. The Kier molecular flexibility index (Phi) is 6.38. The van der Waals surface area contributed by atoms with Crippen LogP contribution in [0.25, 0.3) is 11.5 Å². The van der Waals surface area contributed by atoms with E-state index in [4.69, 9.17) is 4.42 Å². The van der Waals surface area contributed by atoms with Crippen molar-refractivity contribution in [2.45, 2.75) is 56.2 Å². The maximum absolute atomic E-state index is 15.4. The first kappa shape index (κ1) is 23.9. The summed E-state index contributed by atoms with van der Waals surface area (Å²) in [4.78, 5) is 18.0. The summed E-state index contributed by atoms with van der Waals surface area (Å²) in [5, 5.41) is 10.5. The molecule has 1 aromatic carbocycles. The summed E-state index contributed by atoms with van der Waals surface area (Å²) < 4.78 is 67.3. The minimum Gasteiger partial charge on any atom is -0.444 e. The average molecular weight is 487 g/mol. The van der Waals surface area contributed by atoms with Crippen molar-refractivity contribution in [1.29, 1.82) is 0 Å². The van der Waals surface area contributed by atoms with E-state index in [1.165, 1.54) is 25.4 Å². The van der Waals surface area contributed by atoms with Gasteiger partial charge in [-0.05, 0) is 51.3 Å². The molecule has 0 bridgehead atoms. The molecular weight excluding hydrogens is 461 g/mol. The molecule has 12 heteroatoms. The second kappa shape index (κ2) is 8.82. The Balaban J connectivity index is 1.70. The van der Waals surface area contributed by atoms with Crippen LogP contribution in [-0.4, -0.2) is 62.3 Å². The van der Waals surface area contributed by atoms with Crippen molar-refractivity contribution in [2.75, 3.05) is 13.6 Å². The molecule has 2 heterocycles. The minimum absolute atomic E-state index is 0.0475. The lowest BCUT2D eigenvalue weighted by Gasteiger charge is -2.40. The van der Waals surface area contributed by atoms with E-state index < -0.39 is 53.0 Å². The van der Waals surface area contributed by atoms with Crippen molar-refractivity contribution < 1.29 is 31.7 Å². The molecule has 0 radical (unpaired) electrons. The Morgan fingerprint density at radius 3 is 2.70 bits per heavy atom. The minimum atomic E-state index is -3.46. The number of benzene rings is 1. The highest BCUT2D eigenvalue weighted by Gasteiger charge is 2.59. The summed E-state index contributed by atoms with van der Waals surface area (Å²) in [6.45, 7) is 0.708. The van der Waals surface area contributed by atoms with E-state index in [1.54, 1.807) is 13.0 Å². The first-order valence-electron chi connectivity index (χ1n) is 10.5. The lowest BCUT2D eigenvalue weighted by atomic mass is 9.79. The fourth-order valence-electron chi connectivity index (χ4n) is 4.29. The summed E-state index contributed by atoms with van der Waals surface area (Å²) >= 11 is -2.02. The van der Waals surface area contributed by atoms with E-state index in [0.29, 0.717) is 12.1 Å². The molecule has 2 fully saturated rings. The number of hydrogen-bond donors (Lipinski definition) is 3. The number of aliphatic hydroxyl groups is 1. The maximum atomic E-state index is 15.4. The molecule has 4 rings (SSSR count). The van der Waals surface area contributed by atoms with Crippen molar-refractivity contribution >= 4 is 17.1 Å². The number of oxazole rings is 1. The van der Waals surface area contributed by atoms with Gasteiger partial charge in [0.2, 0.25) is 5.89 Å². The van der Waals surface area contributed by atoms with Gasteiger partial charge >= 0.3 is 0 Å². The van der Waals surface area contributed by atoms with Gasteiger partial charge in [0, 0.05) is 0 Å². The van der Waals surface area contributed by atoms with Crippen LogP contribution in [0, 0.1) is 12.7 Å². The zero-order valence-corrected chi connectivity index (χ0v) is 18.9. The van der Waals surface area contributed by atoms with Crippen LogP contribution in [0.3, 0.4) is 0 Å². The van der Waals surface area contributed by atoms with Gasteiger partial charge in [0.15, 0.2) is 11.2 Å². The standard InChI is InChI=1S/C21H25F3N4O4S/c1-12-10-32-18(26-12)14-6-3-5-13(16(14)22)9-15-17(27-33(31)25-2)21(23,24)11-28(15)19(29)20(30)7-4-8-20/h3,5-6,10,15,17,25,27,30H,4,7-9,11H2,1-2H3/t15-,17+,33?/m0/s1. The largest absolute Gasteiger partial charge is 0.444 e. The number of aryl methyl sites for hydroxylation is 1. The Hall–Kier alpha value is -2.28. The van der Waals surface area contributed by atoms with Gasteiger partial charge in [0.1, 0.15) is 23.7 Å². The van der Waals surface area contributed by atoms with Crippen LogP contribution in [0.4, 0.5) is 13.2 Å². The third-order valence-corrected chi connectivity index (χ3v) is 7.08. The van der Waals surface area contributed by atoms with Gasteiger partial charge in [-0.1, -0.05) is 12.1 Å². The number of rotatable bonds is 7. The fraction of sp³-hybridized carbons (Fsp3) is 0.524. The summed E-state index contributed by atoms with van der Waals surface area (Å²) in [6, 6.07) is 1.44. The number of aromatic nitrogens is 1. The summed E-state index contributed by atoms with van der Waals surface area (Å²) in [5.74, 6) is -4.94. The highest BCUT2D eigenvalue weighted by Crippen LogP contribution is 2.40. The van der Waals surface area contributed by atoms with Crippen LogP contribution in [0.5, 0.6) is 0 Å². The van der Waals surface area contributed by atoms with Crippen LogP contribution in [0.15, 0.2) is 28.9 Å². The molecule has 1 aliphatic heterocycles. The highest BCUT2D eigenvalue weighted by molar-refractivity contribution is 7.81. The van der Waals surface area contributed by atoms with Gasteiger partial charge in [-0.25, -0.2) is 31.8 Å². The zero-order chi connectivity index (χ0) is 24.0. The SMILES string of the molecule is CNS(=O)N[C@@H]1[C@H](Cc2cccc(-c3nc(C)co3)c2F)N(C(=O)C2(O)CCC2)CC1(F)F. The molecule has 0 spiro atoms. The van der Waals surface area contributed by atoms with Gasteiger partial charge in [0.25, 0.3) is 11.8 Å². The molecule has 180 valence electrons. The molecule has 1 aromatic heterocycles. The van der Waals surface area contributed by atoms with Crippen LogP contribution in [0.2, 0.25) is 0 Å². The zero-order valence-electron chi connectivity index (χ0n) is 18.1. The predicted octanol–water partition coefficient (Wildman–Crippen LogP) is 1.85. The van der Waals surface area contributed by atoms with E-state index in [0.717, 1.165) is 4.90 Å². The molecule has 1 unspecified atom stereocenters. The third kappa shape index (κ3) is 4.44. The molecule has 1 saturated heterocycles. The number of amides is 1. The van der Waals surface area contributed by atoms with Crippen LogP contribution in [0.1, 0.15) is 30.5 Å². The smallest absolute Gasteiger partial charge is 0.283 e. The lowest BCUT2D eigenvalue weighted by molar-refractivity contribution is -0.162. The number of hydrogen-bond acceptors (Lipinski definition) is 5. The molecule has 3 N–H and O–H groups in total. The summed E-state index contributed by atoms with van der Waals surface area (Å²) in [5.41, 5.74) is -1.04. The average Bonchev–Trinajstić information content (AvgIpc) is 3.28. The van der Waals surface area contributed by atoms with Gasteiger partial charge in [0.05, 0.1) is 23.8 Å². The maximum Gasteiger partial charge on any atom is 0.283 e. The molecule has 33 heavy (non-hydrogen) atoms. The van der Waals surface area contributed by atoms with Crippen LogP contribution >= 0.6 is 0 Å². The lowest BCUT2D eigenvalue weighted by Crippen LogP contribution is -2.57. The Morgan fingerprint density at radius 2 is 2.12 bits per heavy atom. The van der Waals surface area contributed by atoms with Crippen molar-refractivity contribution in [3.63, 3.8) is 0 Å². The Bertz CT molecular complexity index is 1080. The number of carbonyl (C=O) groups is 1. The number of nitrogens with zero attached hydrogens (tertiary/aromatic N) is 2. The molecule has 1 saturated carbocycles. The predicted molar refractivity (Wildman–Crippen MR) is 114 cm³/mol. The van der Waals surface area contributed by atoms with Gasteiger partial charge in [-0.3, -0.25) is 4.79 Å². The van der Waals surface area contributed by atoms with Gasteiger partial charge in [-0.2, -0.15) is 0 Å². The molecular formula is C21H25F3N4O4S. The van der Waals surface area contributed by atoms with Crippen molar-refractivity contribution in [2.24, 2.45) is 0 Å². The number of nitrogens with one attached hydrogen (secondary N) is 2. The monoisotopic (exact) mass is 486 g/mol. The highest BCUT2D eigenvalue weighted by atomic mass is 32.2. The fourth-order valence-corrected chi connectivity index (χ4v) is 4.97. The quantitative estimate of drug-likeness (QED) is 0.554. The van der Waals surface area contributed by atoms with E-state index in [9.17, 15) is 14.1 Å². The first-order chi connectivity index (χ1) is 15.6. The first-order valence-corrected chi connectivity index (χ1v) is 11.7. The Labute approximate surface area is 191 Å². The van der Waals surface area contributed by atoms with Gasteiger partial charge < -0.3 is 14.4 Å². The third-order valence-electron chi connectivity index (χ3n) is 6.24. The second-order valence-corrected chi connectivity index (χ2v) is 9.67. The number of carbonyl (C=O) groups excluding carboxylic acids is 1. The van der Waals surface area contributed by atoms with Crippen molar-refractivity contribution in [3.8, 4) is 11.5 Å². The Morgan fingerprint density at radius 1 is 1.39 bits per heavy atom. The molecule has 1 amide bonds. The van der Waals surface area contributed by atoms with E-state index >= 15 is 13.2 Å². The van der Waals surface area contributed by atoms with E-state index in [2.05, 4.69) is 14.4 Å². The van der Waals surface area contributed by atoms with Crippen molar-refractivity contribution in [3.05, 3.63) is 41.5 Å². The van der Waals surface area contributed by atoms with Crippen LogP contribution < -0.4 is 9.44 Å². The normalized spacial score (nSPS) is 24.5. The van der Waals surface area contributed by atoms with Gasteiger partial charge in [-0.15, -0.1) is 0 Å². The second-order valence-electron chi connectivity index (χ2n) is 8.49. The summed E-state index contributed by atoms with van der Waals surface area (Å²) in [7, 11) is 1.33. The topological polar surface area (TPSA) is 108 Å². The number of halogens is 3. The molecule has 2 aromatic rings. The molecule has 8 nitrogen and oxygen atoms in total. The van der Waals surface area contributed by atoms with Crippen molar-refractivity contribution in [1.82, 2.24) is 19.3 Å². The molecule has 1 aliphatic carbocycles. The molecule has 3 atom stereocenters. The van der Waals surface area contributed by atoms with E-state index in [1.807, 2.05) is 0 Å². The number of alkyl halides is 2. The van der Waals surface area contributed by atoms with Crippen LogP contribution in [-0.2, 0) is 22.4 Å².